The number of fused-ring (bicyclic) bond motifs is 1. The predicted octanol–water partition coefficient (Wildman–Crippen LogP) is 4.26. The lowest BCUT2D eigenvalue weighted by molar-refractivity contribution is 0.183. The minimum atomic E-state index is -0.0252. The lowest BCUT2D eigenvalue weighted by Crippen LogP contribution is -2.25. The highest BCUT2D eigenvalue weighted by atomic mass is 32.2. The second-order valence-corrected chi connectivity index (χ2v) is 8.40. The molecule has 0 saturated heterocycles. The molecule has 0 fully saturated rings. The minimum Gasteiger partial charge on any atom is -0.461 e. The first-order valence-electron chi connectivity index (χ1n) is 8.70. The van der Waals surface area contributed by atoms with Crippen molar-refractivity contribution in [1.82, 2.24) is 14.7 Å². The zero-order valence-corrected chi connectivity index (χ0v) is 17.4. The summed E-state index contributed by atoms with van der Waals surface area (Å²) < 4.78 is 17.5. The molecule has 28 heavy (non-hydrogen) atoms. The summed E-state index contributed by atoms with van der Waals surface area (Å²) in [7, 11) is 1.62. The SMILES string of the molecule is COCCn1c(SCc2cc(-c3ccco3)on2)nc2sc(C)c(C)c2c1=O. The molecule has 0 radical (unpaired) electrons. The first-order chi connectivity index (χ1) is 13.6. The zero-order valence-electron chi connectivity index (χ0n) is 15.7. The van der Waals surface area contributed by atoms with Crippen molar-refractivity contribution in [1.29, 1.82) is 0 Å². The molecule has 7 nitrogen and oxygen atoms in total. The standard InChI is InChI=1S/C19H19N3O4S2/c1-11-12(2)28-17-16(11)18(23)22(6-8-24-3)19(20-17)27-10-13-9-15(26-21-13)14-5-4-7-25-14/h4-5,7,9H,6,8,10H2,1-3H3. The van der Waals surface area contributed by atoms with Crippen molar-refractivity contribution in [2.75, 3.05) is 13.7 Å². The van der Waals surface area contributed by atoms with Crippen molar-refractivity contribution >= 4 is 33.3 Å². The molecule has 0 amide bonds. The average molecular weight is 418 g/mol. The molecule has 0 aliphatic heterocycles. The Morgan fingerprint density at radius 1 is 1.32 bits per heavy atom. The Labute approximate surface area is 169 Å². The Balaban J connectivity index is 1.64. The van der Waals surface area contributed by atoms with Gasteiger partial charge < -0.3 is 13.7 Å². The molecular formula is C19H19N3O4S2. The number of methoxy groups -OCH3 is 1. The summed E-state index contributed by atoms with van der Waals surface area (Å²) in [6, 6.07) is 5.45. The van der Waals surface area contributed by atoms with Crippen LogP contribution in [0.3, 0.4) is 0 Å². The maximum absolute atomic E-state index is 13.1. The summed E-state index contributed by atoms with van der Waals surface area (Å²) in [5.74, 6) is 1.73. The number of hydrogen-bond donors (Lipinski definition) is 0. The van der Waals surface area contributed by atoms with E-state index >= 15 is 0 Å². The van der Waals surface area contributed by atoms with Gasteiger partial charge in [-0.3, -0.25) is 9.36 Å². The molecule has 0 aliphatic carbocycles. The first-order valence-corrected chi connectivity index (χ1v) is 10.5. The highest BCUT2D eigenvalue weighted by Gasteiger charge is 2.17. The summed E-state index contributed by atoms with van der Waals surface area (Å²) in [6.45, 7) is 4.87. The molecule has 0 aliphatic rings. The van der Waals surface area contributed by atoms with Gasteiger partial charge in [0.25, 0.3) is 5.56 Å². The highest BCUT2D eigenvalue weighted by Crippen LogP contribution is 2.30. The van der Waals surface area contributed by atoms with Gasteiger partial charge >= 0.3 is 0 Å². The third kappa shape index (κ3) is 3.52. The topological polar surface area (TPSA) is 83.3 Å². The Bertz CT molecular complexity index is 1160. The van der Waals surface area contributed by atoms with E-state index in [0.29, 0.717) is 41.0 Å². The third-order valence-electron chi connectivity index (χ3n) is 4.44. The molecule has 0 atom stereocenters. The largest absolute Gasteiger partial charge is 0.461 e. The van der Waals surface area contributed by atoms with E-state index in [0.717, 1.165) is 21.0 Å². The molecule has 9 heteroatoms. The van der Waals surface area contributed by atoms with Gasteiger partial charge in [-0.25, -0.2) is 4.98 Å². The van der Waals surface area contributed by atoms with Crippen LogP contribution in [0.15, 0.2) is 43.4 Å². The molecule has 4 heterocycles. The number of furan rings is 1. The van der Waals surface area contributed by atoms with Gasteiger partial charge in [0.2, 0.25) is 5.76 Å². The van der Waals surface area contributed by atoms with Gasteiger partial charge in [0.05, 0.1) is 30.5 Å². The van der Waals surface area contributed by atoms with Gasteiger partial charge in [-0.05, 0) is 31.5 Å². The molecule has 0 unspecified atom stereocenters. The number of aromatic nitrogens is 3. The van der Waals surface area contributed by atoms with E-state index in [9.17, 15) is 4.79 Å². The number of rotatable bonds is 7. The zero-order chi connectivity index (χ0) is 19.7. The monoisotopic (exact) mass is 417 g/mol. The molecule has 0 bridgehead atoms. The van der Waals surface area contributed by atoms with Crippen LogP contribution in [0.4, 0.5) is 0 Å². The molecule has 146 valence electrons. The van der Waals surface area contributed by atoms with E-state index in [1.165, 1.54) is 11.8 Å². The molecule has 4 aromatic heterocycles. The number of ether oxygens (including phenoxy) is 1. The summed E-state index contributed by atoms with van der Waals surface area (Å²) in [5.41, 5.74) is 1.73. The third-order valence-corrected chi connectivity index (χ3v) is 6.56. The van der Waals surface area contributed by atoms with Crippen molar-refractivity contribution < 1.29 is 13.7 Å². The predicted molar refractivity (Wildman–Crippen MR) is 109 cm³/mol. The number of aryl methyl sites for hydroxylation is 2. The average Bonchev–Trinajstić information content (AvgIpc) is 3.41. The van der Waals surface area contributed by atoms with Crippen molar-refractivity contribution in [3.8, 4) is 11.5 Å². The molecule has 4 aromatic rings. The number of thioether (sulfide) groups is 1. The van der Waals surface area contributed by atoms with Crippen LogP contribution >= 0.6 is 23.1 Å². The van der Waals surface area contributed by atoms with Crippen molar-refractivity contribution in [2.45, 2.75) is 31.3 Å². The minimum absolute atomic E-state index is 0.0252. The van der Waals surface area contributed by atoms with Gasteiger partial charge in [0.15, 0.2) is 10.9 Å². The Morgan fingerprint density at radius 3 is 2.93 bits per heavy atom. The van der Waals surface area contributed by atoms with Crippen LogP contribution in [0.5, 0.6) is 0 Å². The highest BCUT2D eigenvalue weighted by molar-refractivity contribution is 7.98. The molecule has 0 saturated carbocycles. The van der Waals surface area contributed by atoms with Crippen LogP contribution in [0.25, 0.3) is 21.7 Å². The van der Waals surface area contributed by atoms with Crippen LogP contribution in [0.1, 0.15) is 16.1 Å². The number of thiophene rings is 1. The van der Waals surface area contributed by atoms with Crippen LogP contribution < -0.4 is 5.56 Å². The van der Waals surface area contributed by atoms with Gasteiger partial charge in [-0.2, -0.15) is 0 Å². The van der Waals surface area contributed by atoms with Crippen LogP contribution in [0.2, 0.25) is 0 Å². The lowest BCUT2D eigenvalue weighted by Gasteiger charge is -2.11. The molecular weight excluding hydrogens is 398 g/mol. The number of nitrogens with zero attached hydrogens (tertiary/aromatic N) is 3. The fraction of sp³-hybridized carbons (Fsp3) is 0.316. The second-order valence-electron chi connectivity index (χ2n) is 6.26. The normalized spacial score (nSPS) is 11.5. The Morgan fingerprint density at radius 2 is 2.18 bits per heavy atom. The van der Waals surface area contributed by atoms with Gasteiger partial charge in [0, 0.05) is 23.8 Å². The maximum atomic E-state index is 13.1. The van der Waals surface area contributed by atoms with Crippen LogP contribution in [-0.4, -0.2) is 28.4 Å². The Kier molecular flexibility index (Phi) is 5.38. The lowest BCUT2D eigenvalue weighted by atomic mass is 10.2. The quantitative estimate of drug-likeness (QED) is 0.328. The molecule has 0 aromatic carbocycles. The summed E-state index contributed by atoms with van der Waals surface area (Å²) in [5, 5.41) is 5.44. The molecule has 0 spiro atoms. The summed E-state index contributed by atoms with van der Waals surface area (Å²) >= 11 is 3.00. The summed E-state index contributed by atoms with van der Waals surface area (Å²) in [6.07, 6.45) is 1.59. The van der Waals surface area contributed by atoms with E-state index in [4.69, 9.17) is 18.7 Å². The van der Waals surface area contributed by atoms with Gasteiger partial charge in [-0.15, -0.1) is 11.3 Å². The second kappa shape index (κ2) is 7.94. The van der Waals surface area contributed by atoms with E-state index in [-0.39, 0.29) is 5.56 Å². The van der Waals surface area contributed by atoms with E-state index in [1.54, 1.807) is 35.3 Å². The van der Waals surface area contributed by atoms with Crippen molar-refractivity contribution in [2.24, 2.45) is 0 Å². The maximum Gasteiger partial charge on any atom is 0.263 e. The van der Waals surface area contributed by atoms with Crippen LogP contribution in [-0.2, 0) is 17.0 Å². The van der Waals surface area contributed by atoms with Gasteiger partial charge in [0.1, 0.15) is 4.83 Å². The first kappa shape index (κ1) is 19.0. The fourth-order valence-corrected chi connectivity index (χ4v) is 4.83. The van der Waals surface area contributed by atoms with E-state index in [1.807, 2.05) is 26.0 Å². The molecule has 4 rings (SSSR count). The van der Waals surface area contributed by atoms with Crippen molar-refractivity contribution in [3.05, 3.63) is 51.0 Å². The van der Waals surface area contributed by atoms with Crippen LogP contribution in [0, 0.1) is 13.8 Å². The Hall–Kier alpha value is -2.36. The van der Waals surface area contributed by atoms with E-state index in [2.05, 4.69) is 5.16 Å². The van der Waals surface area contributed by atoms with Gasteiger partial charge in [-0.1, -0.05) is 16.9 Å². The number of hydrogen-bond acceptors (Lipinski definition) is 8. The van der Waals surface area contributed by atoms with E-state index < -0.39 is 0 Å². The molecule has 0 N–H and O–H groups in total. The smallest absolute Gasteiger partial charge is 0.263 e. The summed E-state index contributed by atoms with van der Waals surface area (Å²) in [4.78, 5) is 19.7. The fourth-order valence-electron chi connectivity index (χ4n) is 2.85. The van der Waals surface area contributed by atoms with Crippen molar-refractivity contribution in [3.63, 3.8) is 0 Å².